The van der Waals surface area contributed by atoms with Crippen LogP contribution in [0.2, 0.25) is 0 Å². The second kappa shape index (κ2) is 8.98. The summed E-state index contributed by atoms with van der Waals surface area (Å²) in [6, 6.07) is 13.5. The molecule has 0 saturated carbocycles. The van der Waals surface area contributed by atoms with Crippen LogP contribution in [0.4, 0.5) is 5.82 Å². The van der Waals surface area contributed by atoms with E-state index in [1.54, 1.807) is 12.1 Å². The molecule has 3 aromatic rings. The minimum Gasteiger partial charge on any atom is -0.467 e. The molecule has 7 nitrogen and oxygen atoms in total. The number of nitrogens with zero attached hydrogens (tertiary/aromatic N) is 2. The van der Waals surface area contributed by atoms with Crippen molar-refractivity contribution in [1.29, 1.82) is 0 Å². The lowest BCUT2D eigenvalue weighted by molar-refractivity contribution is 0.0227. The van der Waals surface area contributed by atoms with Crippen molar-refractivity contribution < 1.29 is 19.0 Å². The fourth-order valence-electron chi connectivity index (χ4n) is 3.37. The lowest BCUT2D eigenvalue weighted by Gasteiger charge is -2.16. The van der Waals surface area contributed by atoms with Gasteiger partial charge in [0.15, 0.2) is 12.6 Å². The van der Waals surface area contributed by atoms with Crippen LogP contribution >= 0.6 is 0 Å². The number of rotatable bonds is 8. The van der Waals surface area contributed by atoms with Crippen molar-refractivity contribution in [2.24, 2.45) is 0 Å². The average molecular weight is 393 g/mol. The Hall–Kier alpha value is -3.03. The number of ether oxygens (including phenoxy) is 3. The van der Waals surface area contributed by atoms with Crippen molar-refractivity contribution in [2.75, 3.05) is 31.9 Å². The van der Waals surface area contributed by atoms with Crippen LogP contribution in [0.5, 0.6) is 5.75 Å². The number of carbonyl (C=O) groups is 1. The Morgan fingerprint density at radius 3 is 2.83 bits per heavy atom. The predicted octanol–water partition coefficient (Wildman–Crippen LogP) is 3.68. The summed E-state index contributed by atoms with van der Waals surface area (Å²) in [5.74, 6) is 1.27. The van der Waals surface area contributed by atoms with E-state index in [1.807, 2.05) is 37.3 Å². The van der Waals surface area contributed by atoms with Crippen molar-refractivity contribution >= 4 is 22.9 Å². The van der Waals surface area contributed by atoms with Gasteiger partial charge in [0.05, 0.1) is 12.6 Å². The zero-order valence-corrected chi connectivity index (χ0v) is 16.3. The fraction of sp³-hybridized carbons (Fsp3) is 0.318. The first kappa shape index (κ1) is 19.3. The van der Waals surface area contributed by atoms with Gasteiger partial charge in [0, 0.05) is 35.1 Å². The van der Waals surface area contributed by atoms with Crippen molar-refractivity contribution in [2.45, 2.75) is 19.4 Å². The molecule has 4 rings (SSSR count). The van der Waals surface area contributed by atoms with Gasteiger partial charge in [-0.15, -0.1) is 10.2 Å². The van der Waals surface area contributed by atoms with Crippen molar-refractivity contribution in [3.8, 4) is 17.0 Å². The highest BCUT2D eigenvalue weighted by atomic mass is 16.7. The van der Waals surface area contributed by atoms with Gasteiger partial charge in [-0.05, 0) is 25.5 Å². The predicted molar refractivity (Wildman–Crippen MR) is 110 cm³/mol. The van der Waals surface area contributed by atoms with Crippen LogP contribution in [0.25, 0.3) is 22.0 Å². The zero-order valence-electron chi connectivity index (χ0n) is 16.3. The van der Waals surface area contributed by atoms with E-state index in [1.165, 1.54) is 0 Å². The van der Waals surface area contributed by atoms with Crippen LogP contribution in [0.3, 0.4) is 0 Å². The van der Waals surface area contributed by atoms with E-state index < -0.39 is 0 Å². The van der Waals surface area contributed by atoms with E-state index in [2.05, 4.69) is 15.5 Å². The van der Waals surface area contributed by atoms with E-state index in [4.69, 9.17) is 14.2 Å². The van der Waals surface area contributed by atoms with Crippen LogP contribution in [-0.2, 0) is 9.47 Å². The maximum absolute atomic E-state index is 11.2. The fourth-order valence-corrected chi connectivity index (χ4v) is 3.37. The Kier molecular flexibility index (Phi) is 5.97. The normalized spacial score (nSPS) is 16.1. The van der Waals surface area contributed by atoms with Crippen molar-refractivity contribution in [1.82, 2.24) is 10.2 Å². The molecular formula is C22H23N3O4. The van der Waals surface area contributed by atoms with Gasteiger partial charge in [-0.1, -0.05) is 30.3 Å². The first-order valence-corrected chi connectivity index (χ1v) is 9.70. The van der Waals surface area contributed by atoms with Crippen LogP contribution in [-0.4, -0.2) is 49.1 Å². The second-order valence-corrected chi connectivity index (χ2v) is 6.78. The van der Waals surface area contributed by atoms with Crippen LogP contribution < -0.4 is 10.1 Å². The molecule has 1 N–H and O–H groups in total. The van der Waals surface area contributed by atoms with E-state index in [-0.39, 0.29) is 12.8 Å². The Bertz CT molecular complexity index is 1000. The SMILES string of the molecule is CCOCOc1cc(C=O)ccc1-c1nnc(NC2CCOC2)c2ccccc12. The van der Waals surface area contributed by atoms with Gasteiger partial charge < -0.3 is 19.5 Å². The quantitative estimate of drug-likeness (QED) is 0.355. The van der Waals surface area contributed by atoms with E-state index in [0.29, 0.717) is 30.2 Å². The summed E-state index contributed by atoms with van der Waals surface area (Å²) >= 11 is 0. The highest BCUT2D eigenvalue weighted by Gasteiger charge is 2.19. The molecule has 0 bridgehead atoms. The Morgan fingerprint density at radius 2 is 2.07 bits per heavy atom. The first-order valence-electron chi connectivity index (χ1n) is 9.70. The number of hydrogen-bond donors (Lipinski definition) is 1. The molecule has 2 heterocycles. The monoisotopic (exact) mass is 393 g/mol. The molecule has 1 unspecified atom stereocenters. The molecule has 1 saturated heterocycles. The number of benzene rings is 2. The molecule has 150 valence electrons. The minimum absolute atomic E-state index is 0.0957. The second-order valence-electron chi connectivity index (χ2n) is 6.78. The topological polar surface area (TPSA) is 82.6 Å². The molecule has 0 spiro atoms. The molecule has 1 aromatic heterocycles. The summed E-state index contributed by atoms with van der Waals surface area (Å²) in [6.07, 6.45) is 1.73. The molecule has 1 aliphatic heterocycles. The van der Waals surface area contributed by atoms with Gasteiger partial charge in [-0.3, -0.25) is 4.79 Å². The highest BCUT2D eigenvalue weighted by molar-refractivity contribution is 6.01. The molecular weight excluding hydrogens is 370 g/mol. The largest absolute Gasteiger partial charge is 0.467 e. The summed E-state index contributed by atoms with van der Waals surface area (Å²) < 4.78 is 16.5. The van der Waals surface area contributed by atoms with Gasteiger partial charge in [0.25, 0.3) is 0 Å². The van der Waals surface area contributed by atoms with Crippen molar-refractivity contribution in [3.05, 3.63) is 48.0 Å². The summed E-state index contributed by atoms with van der Waals surface area (Å²) in [5.41, 5.74) is 1.98. The lowest BCUT2D eigenvalue weighted by atomic mass is 10.0. The van der Waals surface area contributed by atoms with Crippen LogP contribution in [0, 0.1) is 0 Å². The third-order valence-corrected chi connectivity index (χ3v) is 4.86. The number of nitrogens with one attached hydrogen (secondary N) is 1. The summed E-state index contributed by atoms with van der Waals surface area (Å²) in [5, 5.41) is 14.3. The smallest absolute Gasteiger partial charge is 0.189 e. The third kappa shape index (κ3) is 4.21. The first-order chi connectivity index (χ1) is 14.3. The van der Waals surface area contributed by atoms with Crippen LogP contribution in [0.15, 0.2) is 42.5 Å². The Labute approximate surface area is 169 Å². The number of carbonyl (C=O) groups excluding carboxylic acids is 1. The Morgan fingerprint density at radius 1 is 1.21 bits per heavy atom. The average Bonchev–Trinajstić information content (AvgIpc) is 3.27. The van der Waals surface area contributed by atoms with E-state index in [0.717, 1.165) is 41.5 Å². The standard InChI is InChI=1S/C22H23N3O4/c1-2-27-14-29-20-11-15(12-26)7-8-19(20)21-17-5-3-4-6-18(17)22(25-24-21)23-16-9-10-28-13-16/h3-8,11-12,16H,2,9-10,13-14H2,1H3,(H,23,25). The van der Waals surface area contributed by atoms with Crippen molar-refractivity contribution in [3.63, 3.8) is 0 Å². The van der Waals surface area contributed by atoms with Gasteiger partial charge in [-0.2, -0.15) is 0 Å². The number of hydrogen-bond acceptors (Lipinski definition) is 7. The maximum atomic E-state index is 11.2. The molecule has 0 aliphatic carbocycles. The molecule has 1 atom stereocenters. The summed E-state index contributed by atoms with van der Waals surface area (Å²) in [6.45, 7) is 3.95. The summed E-state index contributed by atoms with van der Waals surface area (Å²) in [4.78, 5) is 11.2. The molecule has 2 aromatic carbocycles. The van der Waals surface area contributed by atoms with Gasteiger partial charge in [-0.25, -0.2) is 0 Å². The molecule has 1 aliphatic rings. The number of anilines is 1. The maximum Gasteiger partial charge on any atom is 0.189 e. The number of aromatic nitrogens is 2. The Balaban J connectivity index is 1.77. The highest BCUT2D eigenvalue weighted by Crippen LogP contribution is 2.36. The van der Waals surface area contributed by atoms with E-state index >= 15 is 0 Å². The molecule has 0 amide bonds. The van der Waals surface area contributed by atoms with Gasteiger partial charge >= 0.3 is 0 Å². The zero-order chi connectivity index (χ0) is 20.1. The van der Waals surface area contributed by atoms with Gasteiger partial charge in [0.1, 0.15) is 17.7 Å². The lowest BCUT2D eigenvalue weighted by Crippen LogP contribution is -2.20. The molecule has 7 heteroatoms. The molecule has 0 radical (unpaired) electrons. The summed E-state index contributed by atoms with van der Waals surface area (Å²) in [7, 11) is 0. The third-order valence-electron chi connectivity index (χ3n) is 4.86. The molecule has 1 fully saturated rings. The van der Waals surface area contributed by atoms with E-state index in [9.17, 15) is 4.79 Å². The molecule has 29 heavy (non-hydrogen) atoms. The number of fused-ring (bicyclic) bond motifs is 1. The van der Waals surface area contributed by atoms with Crippen LogP contribution in [0.1, 0.15) is 23.7 Å². The minimum atomic E-state index is 0.0957. The number of aldehydes is 1. The van der Waals surface area contributed by atoms with Gasteiger partial charge in [0.2, 0.25) is 0 Å².